The summed E-state index contributed by atoms with van der Waals surface area (Å²) in [6.45, 7) is 4.67. The molecule has 1 N–H and O–H groups in total. The van der Waals surface area contributed by atoms with Gasteiger partial charge in [0.1, 0.15) is 0 Å². The Balaban J connectivity index is 0.00000112. The van der Waals surface area contributed by atoms with Gasteiger partial charge in [-0.05, 0) is 19.1 Å². The van der Waals surface area contributed by atoms with E-state index in [1.807, 2.05) is 4.90 Å². The summed E-state index contributed by atoms with van der Waals surface area (Å²) >= 11 is 0. The number of nitrogens with one attached hydrogen (secondary N) is 1. The predicted molar refractivity (Wildman–Crippen MR) is 61.1 cm³/mol. The number of hydrogen-bond donors (Lipinski definition) is 1. The molecule has 3 nitrogen and oxygen atoms in total. The van der Waals surface area contributed by atoms with Crippen LogP contribution in [0.2, 0.25) is 0 Å². The summed E-state index contributed by atoms with van der Waals surface area (Å²) in [6.07, 6.45) is 1.48. The quantitative estimate of drug-likeness (QED) is 0.742. The van der Waals surface area contributed by atoms with Crippen LogP contribution in [0, 0.1) is 5.95 Å². The van der Waals surface area contributed by atoms with Gasteiger partial charge in [0.05, 0.1) is 5.69 Å². The van der Waals surface area contributed by atoms with E-state index in [1.54, 1.807) is 12.1 Å². The van der Waals surface area contributed by atoms with Crippen molar-refractivity contribution in [3.05, 3.63) is 24.3 Å². The van der Waals surface area contributed by atoms with Gasteiger partial charge in [-0.1, -0.05) is 0 Å². The van der Waals surface area contributed by atoms with Gasteiger partial charge in [-0.15, -0.1) is 12.4 Å². The molecular formula is C10H15ClFN3. The molecule has 1 atom stereocenters. The monoisotopic (exact) mass is 231 g/mol. The van der Waals surface area contributed by atoms with E-state index in [2.05, 4.69) is 17.2 Å². The molecule has 84 valence electrons. The molecule has 1 aliphatic rings. The molecule has 0 spiro atoms. The molecule has 0 saturated carbocycles. The molecule has 0 aromatic carbocycles. The number of pyridine rings is 1. The zero-order chi connectivity index (χ0) is 9.97. The van der Waals surface area contributed by atoms with Crippen molar-refractivity contribution in [2.75, 3.05) is 24.5 Å². The van der Waals surface area contributed by atoms with Gasteiger partial charge >= 0.3 is 0 Å². The summed E-state index contributed by atoms with van der Waals surface area (Å²) in [5, 5.41) is 3.32. The molecule has 15 heavy (non-hydrogen) atoms. The Morgan fingerprint density at radius 3 is 3.07 bits per heavy atom. The number of hydrogen-bond acceptors (Lipinski definition) is 3. The summed E-state index contributed by atoms with van der Waals surface area (Å²) in [7, 11) is 0. The van der Waals surface area contributed by atoms with Crippen molar-refractivity contribution in [3.63, 3.8) is 0 Å². The fourth-order valence-electron chi connectivity index (χ4n) is 1.76. The minimum absolute atomic E-state index is 0. The van der Waals surface area contributed by atoms with Crippen LogP contribution in [0.15, 0.2) is 18.3 Å². The van der Waals surface area contributed by atoms with Crippen LogP contribution >= 0.6 is 12.4 Å². The van der Waals surface area contributed by atoms with Gasteiger partial charge in [-0.2, -0.15) is 4.39 Å². The highest BCUT2D eigenvalue weighted by molar-refractivity contribution is 5.85. The summed E-state index contributed by atoms with van der Waals surface area (Å²) < 4.78 is 13.3. The summed E-state index contributed by atoms with van der Waals surface area (Å²) in [4.78, 5) is 5.68. The first kappa shape index (κ1) is 12.2. The van der Waals surface area contributed by atoms with E-state index in [4.69, 9.17) is 0 Å². The van der Waals surface area contributed by atoms with Gasteiger partial charge < -0.3 is 10.2 Å². The Bertz CT molecular complexity index is 321. The Morgan fingerprint density at radius 2 is 2.40 bits per heavy atom. The standard InChI is InChI=1S/C10H14FN3.ClH/c1-8-7-14(6-5-12-8)9-3-2-4-13-10(9)11;/h2-4,8,12H,5-7H2,1H3;1H/t8-;/m1./s1. The Hall–Kier alpha value is -0.870. The van der Waals surface area contributed by atoms with Crippen LogP contribution in [0.25, 0.3) is 0 Å². The highest BCUT2D eigenvalue weighted by Crippen LogP contribution is 2.17. The maximum Gasteiger partial charge on any atom is 0.236 e. The fraction of sp³-hybridized carbons (Fsp3) is 0.500. The van der Waals surface area contributed by atoms with Crippen LogP contribution in [0.1, 0.15) is 6.92 Å². The second-order valence-electron chi connectivity index (χ2n) is 3.61. The van der Waals surface area contributed by atoms with E-state index in [9.17, 15) is 4.39 Å². The lowest BCUT2D eigenvalue weighted by molar-refractivity contribution is 0.475. The van der Waals surface area contributed by atoms with E-state index in [1.165, 1.54) is 6.20 Å². The van der Waals surface area contributed by atoms with E-state index >= 15 is 0 Å². The maximum atomic E-state index is 13.3. The molecule has 0 radical (unpaired) electrons. The molecule has 0 aliphatic carbocycles. The fourth-order valence-corrected chi connectivity index (χ4v) is 1.76. The van der Waals surface area contributed by atoms with Crippen molar-refractivity contribution in [1.29, 1.82) is 0 Å². The lowest BCUT2D eigenvalue weighted by Gasteiger charge is -2.33. The van der Waals surface area contributed by atoms with Crippen LogP contribution in [0.5, 0.6) is 0 Å². The first-order chi connectivity index (χ1) is 6.77. The molecule has 1 saturated heterocycles. The number of piperazine rings is 1. The van der Waals surface area contributed by atoms with Gasteiger partial charge in [0.15, 0.2) is 0 Å². The van der Waals surface area contributed by atoms with E-state index in [-0.39, 0.29) is 18.4 Å². The third-order valence-electron chi connectivity index (χ3n) is 2.45. The van der Waals surface area contributed by atoms with Crippen molar-refractivity contribution < 1.29 is 4.39 Å². The van der Waals surface area contributed by atoms with Crippen molar-refractivity contribution in [3.8, 4) is 0 Å². The van der Waals surface area contributed by atoms with Gasteiger partial charge in [0, 0.05) is 31.9 Å². The molecular weight excluding hydrogens is 217 g/mol. The topological polar surface area (TPSA) is 28.2 Å². The van der Waals surface area contributed by atoms with Crippen LogP contribution in [0.3, 0.4) is 0 Å². The molecule has 1 fully saturated rings. The van der Waals surface area contributed by atoms with Crippen molar-refractivity contribution in [1.82, 2.24) is 10.3 Å². The average molecular weight is 232 g/mol. The highest BCUT2D eigenvalue weighted by atomic mass is 35.5. The Kier molecular flexibility index (Phi) is 4.29. The summed E-state index contributed by atoms with van der Waals surface area (Å²) in [5.41, 5.74) is 0.612. The van der Waals surface area contributed by atoms with Crippen LogP contribution < -0.4 is 10.2 Å². The van der Waals surface area contributed by atoms with Crippen LogP contribution in [-0.2, 0) is 0 Å². The number of rotatable bonds is 1. The van der Waals surface area contributed by atoms with Gasteiger partial charge in [0.25, 0.3) is 0 Å². The number of halogens is 2. The average Bonchev–Trinajstić information content (AvgIpc) is 2.18. The van der Waals surface area contributed by atoms with E-state index in [0.717, 1.165) is 19.6 Å². The molecule has 1 aromatic rings. The first-order valence-corrected chi connectivity index (χ1v) is 4.86. The molecule has 1 aliphatic heterocycles. The largest absolute Gasteiger partial charge is 0.365 e. The molecule has 2 rings (SSSR count). The third-order valence-corrected chi connectivity index (χ3v) is 2.45. The first-order valence-electron chi connectivity index (χ1n) is 4.86. The zero-order valence-electron chi connectivity index (χ0n) is 8.61. The van der Waals surface area contributed by atoms with Crippen molar-refractivity contribution >= 4 is 18.1 Å². The van der Waals surface area contributed by atoms with Gasteiger partial charge in [0.2, 0.25) is 5.95 Å². The Morgan fingerprint density at radius 1 is 1.60 bits per heavy atom. The Labute approximate surface area is 95.1 Å². The zero-order valence-corrected chi connectivity index (χ0v) is 9.43. The summed E-state index contributed by atoms with van der Waals surface area (Å²) in [6, 6.07) is 3.95. The second-order valence-corrected chi connectivity index (χ2v) is 3.61. The van der Waals surface area contributed by atoms with E-state index in [0.29, 0.717) is 11.7 Å². The molecule has 0 bridgehead atoms. The number of nitrogens with zero attached hydrogens (tertiary/aromatic N) is 2. The highest BCUT2D eigenvalue weighted by Gasteiger charge is 2.18. The number of anilines is 1. The minimum atomic E-state index is -0.374. The van der Waals surface area contributed by atoms with E-state index < -0.39 is 0 Å². The molecule has 0 unspecified atom stereocenters. The lowest BCUT2D eigenvalue weighted by atomic mass is 10.2. The van der Waals surface area contributed by atoms with Crippen LogP contribution in [0.4, 0.5) is 10.1 Å². The van der Waals surface area contributed by atoms with Gasteiger partial charge in [-0.25, -0.2) is 4.98 Å². The summed E-state index contributed by atoms with van der Waals surface area (Å²) in [5.74, 6) is -0.374. The maximum absolute atomic E-state index is 13.3. The van der Waals surface area contributed by atoms with Crippen LogP contribution in [-0.4, -0.2) is 30.7 Å². The smallest absolute Gasteiger partial charge is 0.236 e. The second kappa shape index (κ2) is 5.28. The van der Waals surface area contributed by atoms with Crippen molar-refractivity contribution in [2.45, 2.75) is 13.0 Å². The lowest BCUT2D eigenvalue weighted by Crippen LogP contribution is -2.49. The minimum Gasteiger partial charge on any atom is -0.365 e. The molecule has 2 heterocycles. The molecule has 1 aromatic heterocycles. The van der Waals surface area contributed by atoms with Gasteiger partial charge in [-0.3, -0.25) is 0 Å². The predicted octanol–water partition coefficient (Wildman–Crippen LogP) is 1.44. The SMILES string of the molecule is C[C@@H]1CN(c2cccnc2F)CCN1.Cl. The molecule has 0 amide bonds. The van der Waals surface area contributed by atoms with Crippen molar-refractivity contribution in [2.24, 2.45) is 0 Å². The third kappa shape index (κ3) is 2.79. The molecule has 5 heteroatoms. The normalized spacial score (nSPS) is 20.9. The number of aromatic nitrogens is 1.